The van der Waals surface area contributed by atoms with Gasteiger partial charge in [-0.3, -0.25) is 0 Å². The van der Waals surface area contributed by atoms with E-state index in [9.17, 15) is 8.42 Å². The molecular weight excluding hydrogens is 300 g/mol. The smallest absolute Gasteiger partial charge is 0.269 e. The number of hydrogen-bond acceptors (Lipinski definition) is 7. The summed E-state index contributed by atoms with van der Waals surface area (Å²) in [5.74, 6) is 0.729. The Morgan fingerprint density at radius 1 is 1.35 bits per heavy atom. The summed E-state index contributed by atoms with van der Waals surface area (Å²) in [7, 11) is -2.08. The van der Waals surface area contributed by atoms with Gasteiger partial charge in [0.15, 0.2) is 0 Å². The highest BCUT2D eigenvalue weighted by molar-refractivity contribution is 7.91. The number of nitrogens with one attached hydrogen (secondary N) is 1. The van der Waals surface area contributed by atoms with Crippen LogP contribution in [0, 0.1) is 0 Å². The average molecular weight is 314 g/mol. The van der Waals surface area contributed by atoms with Gasteiger partial charge in [0.2, 0.25) is 9.47 Å². The second kappa shape index (κ2) is 6.16. The van der Waals surface area contributed by atoms with E-state index in [-0.39, 0.29) is 16.0 Å². The van der Waals surface area contributed by atoms with Gasteiger partial charge in [0.1, 0.15) is 5.75 Å². The van der Waals surface area contributed by atoms with E-state index in [0.29, 0.717) is 6.42 Å². The fourth-order valence-corrected chi connectivity index (χ4v) is 3.48. The molecule has 1 aromatic carbocycles. The number of sulfonamides is 1. The van der Waals surface area contributed by atoms with Crippen molar-refractivity contribution < 1.29 is 13.2 Å². The number of anilines is 1. The molecule has 2 rings (SSSR count). The molecule has 0 fully saturated rings. The Kier molecular flexibility index (Phi) is 4.53. The summed E-state index contributed by atoms with van der Waals surface area (Å²) in [5, 5.41) is 7.12. The van der Waals surface area contributed by atoms with Crippen molar-refractivity contribution in [2.24, 2.45) is 0 Å². The summed E-state index contributed by atoms with van der Waals surface area (Å²) in [5.41, 5.74) is 6.29. The maximum absolute atomic E-state index is 11.9. The van der Waals surface area contributed by atoms with Crippen LogP contribution >= 0.6 is 11.3 Å². The van der Waals surface area contributed by atoms with Crippen LogP contribution in [-0.2, 0) is 16.4 Å². The number of nitrogen functional groups attached to an aromatic ring is 1. The third-order valence-electron chi connectivity index (χ3n) is 2.53. The Morgan fingerprint density at radius 2 is 2.10 bits per heavy atom. The molecule has 0 aliphatic rings. The molecule has 0 saturated heterocycles. The van der Waals surface area contributed by atoms with Crippen LogP contribution < -0.4 is 15.2 Å². The molecular formula is C11H14N4O3S2. The molecule has 2 aromatic rings. The number of nitrogens with two attached hydrogens (primary N) is 1. The van der Waals surface area contributed by atoms with Crippen molar-refractivity contribution in [1.29, 1.82) is 0 Å². The first-order chi connectivity index (χ1) is 9.53. The van der Waals surface area contributed by atoms with Crippen LogP contribution in [0.1, 0.15) is 5.56 Å². The Bertz CT molecular complexity index is 684. The van der Waals surface area contributed by atoms with Crippen LogP contribution in [0.15, 0.2) is 28.6 Å². The number of benzene rings is 1. The molecule has 0 bridgehead atoms. The van der Waals surface area contributed by atoms with Gasteiger partial charge in [-0.2, -0.15) is 0 Å². The minimum Gasteiger partial charge on any atom is -0.496 e. The van der Waals surface area contributed by atoms with Crippen LogP contribution in [0.5, 0.6) is 5.75 Å². The van der Waals surface area contributed by atoms with Crippen molar-refractivity contribution in [3.63, 3.8) is 0 Å². The topological polar surface area (TPSA) is 107 Å². The molecule has 1 aromatic heterocycles. The van der Waals surface area contributed by atoms with E-state index < -0.39 is 10.0 Å². The molecule has 0 saturated carbocycles. The Morgan fingerprint density at radius 3 is 2.75 bits per heavy atom. The standard InChI is InChI=1S/C11H14N4O3S2/c1-18-9-5-3-2-4-8(9)6-7-13-20(16,17)11-15-14-10(12)19-11/h2-5,13H,6-7H2,1H3,(H2,12,14). The summed E-state index contributed by atoms with van der Waals surface area (Å²) in [4.78, 5) is 0. The molecule has 3 N–H and O–H groups in total. The second-order valence-electron chi connectivity index (χ2n) is 3.87. The van der Waals surface area contributed by atoms with Crippen molar-refractivity contribution in [2.75, 3.05) is 19.4 Å². The van der Waals surface area contributed by atoms with E-state index in [1.165, 1.54) is 0 Å². The first-order valence-corrected chi connectivity index (χ1v) is 8.03. The SMILES string of the molecule is COc1ccccc1CCNS(=O)(=O)c1nnc(N)s1. The van der Waals surface area contributed by atoms with E-state index in [1.807, 2.05) is 24.3 Å². The van der Waals surface area contributed by atoms with E-state index >= 15 is 0 Å². The van der Waals surface area contributed by atoms with Crippen molar-refractivity contribution in [2.45, 2.75) is 10.8 Å². The van der Waals surface area contributed by atoms with Crippen LogP contribution in [0.3, 0.4) is 0 Å². The predicted octanol–water partition coefficient (Wildman–Crippen LogP) is 0.650. The lowest BCUT2D eigenvalue weighted by atomic mass is 10.1. The maximum Gasteiger partial charge on any atom is 0.269 e. The number of para-hydroxylation sites is 1. The quantitative estimate of drug-likeness (QED) is 0.810. The number of methoxy groups -OCH3 is 1. The zero-order valence-electron chi connectivity index (χ0n) is 10.7. The lowest BCUT2D eigenvalue weighted by molar-refractivity contribution is 0.409. The van der Waals surface area contributed by atoms with E-state index in [0.717, 1.165) is 22.6 Å². The largest absolute Gasteiger partial charge is 0.496 e. The van der Waals surface area contributed by atoms with Gasteiger partial charge in [-0.05, 0) is 18.1 Å². The van der Waals surface area contributed by atoms with Crippen LogP contribution in [0.25, 0.3) is 0 Å². The number of aromatic nitrogens is 2. The van der Waals surface area contributed by atoms with Gasteiger partial charge in [-0.1, -0.05) is 29.5 Å². The zero-order valence-corrected chi connectivity index (χ0v) is 12.4. The fraction of sp³-hybridized carbons (Fsp3) is 0.273. The van der Waals surface area contributed by atoms with Crippen LogP contribution in [0.4, 0.5) is 5.13 Å². The van der Waals surface area contributed by atoms with Crippen molar-refractivity contribution in [3.8, 4) is 5.75 Å². The van der Waals surface area contributed by atoms with Crippen LogP contribution in [-0.4, -0.2) is 32.3 Å². The van der Waals surface area contributed by atoms with Gasteiger partial charge in [-0.25, -0.2) is 13.1 Å². The molecule has 0 spiro atoms. The molecule has 0 aliphatic carbocycles. The molecule has 1 heterocycles. The van der Waals surface area contributed by atoms with Gasteiger partial charge in [0.25, 0.3) is 10.0 Å². The summed E-state index contributed by atoms with van der Waals surface area (Å²) in [6.07, 6.45) is 0.511. The lowest BCUT2D eigenvalue weighted by Crippen LogP contribution is -2.26. The number of hydrogen-bond donors (Lipinski definition) is 2. The summed E-state index contributed by atoms with van der Waals surface area (Å²) >= 11 is 0.829. The van der Waals surface area contributed by atoms with Gasteiger partial charge >= 0.3 is 0 Å². The third kappa shape index (κ3) is 3.44. The minimum atomic E-state index is -3.66. The summed E-state index contributed by atoms with van der Waals surface area (Å²) < 4.78 is 31.3. The Hall–Kier alpha value is -1.71. The molecule has 20 heavy (non-hydrogen) atoms. The molecule has 0 aliphatic heterocycles. The lowest BCUT2D eigenvalue weighted by Gasteiger charge is -2.08. The molecule has 0 radical (unpaired) electrons. The molecule has 0 atom stereocenters. The van der Waals surface area contributed by atoms with Crippen molar-refractivity contribution in [3.05, 3.63) is 29.8 Å². The number of nitrogens with zero attached hydrogens (tertiary/aromatic N) is 2. The molecule has 0 unspecified atom stereocenters. The van der Waals surface area contributed by atoms with Gasteiger partial charge in [0.05, 0.1) is 7.11 Å². The molecule has 9 heteroatoms. The first kappa shape index (κ1) is 14.7. The Labute approximate surface area is 120 Å². The van der Waals surface area contributed by atoms with E-state index in [1.54, 1.807) is 7.11 Å². The maximum atomic E-state index is 11.9. The molecule has 7 nitrogen and oxygen atoms in total. The van der Waals surface area contributed by atoms with Crippen LogP contribution in [0.2, 0.25) is 0 Å². The summed E-state index contributed by atoms with van der Waals surface area (Å²) in [6, 6.07) is 7.44. The molecule has 0 amide bonds. The predicted molar refractivity (Wildman–Crippen MR) is 76.2 cm³/mol. The highest BCUT2D eigenvalue weighted by Crippen LogP contribution is 2.18. The zero-order chi connectivity index (χ0) is 14.6. The average Bonchev–Trinajstić information content (AvgIpc) is 2.87. The second-order valence-corrected chi connectivity index (χ2v) is 6.82. The third-order valence-corrected chi connectivity index (χ3v) is 5.11. The number of ether oxygens (including phenoxy) is 1. The highest BCUT2D eigenvalue weighted by Gasteiger charge is 2.19. The van der Waals surface area contributed by atoms with Gasteiger partial charge in [0, 0.05) is 6.54 Å². The molecule has 108 valence electrons. The fourth-order valence-electron chi connectivity index (χ4n) is 1.62. The monoisotopic (exact) mass is 314 g/mol. The van der Waals surface area contributed by atoms with E-state index in [4.69, 9.17) is 10.5 Å². The summed E-state index contributed by atoms with van der Waals surface area (Å²) in [6.45, 7) is 0.238. The van der Waals surface area contributed by atoms with Gasteiger partial charge < -0.3 is 10.5 Å². The highest BCUT2D eigenvalue weighted by atomic mass is 32.2. The number of rotatable bonds is 6. The van der Waals surface area contributed by atoms with Crippen molar-refractivity contribution >= 4 is 26.5 Å². The normalized spacial score (nSPS) is 11.4. The Balaban J connectivity index is 1.99. The van der Waals surface area contributed by atoms with Crippen molar-refractivity contribution in [1.82, 2.24) is 14.9 Å². The van der Waals surface area contributed by atoms with E-state index in [2.05, 4.69) is 14.9 Å². The first-order valence-electron chi connectivity index (χ1n) is 5.73. The minimum absolute atomic E-state index is 0.120. The van der Waals surface area contributed by atoms with Gasteiger partial charge in [-0.15, -0.1) is 10.2 Å².